The highest BCUT2D eigenvalue weighted by Gasteiger charge is 2.24. The van der Waals surface area contributed by atoms with Gasteiger partial charge < -0.3 is 15.0 Å². The van der Waals surface area contributed by atoms with Crippen molar-refractivity contribution in [1.82, 2.24) is 10.2 Å². The summed E-state index contributed by atoms with van der Waals surface area (Å²) in [5.74, 6) is 1.71. The van der Waals surface area contributed by atoms with E-state index < -0.39 is 0 Å². The van der Waals surface area contributed by atoms with Gasteiger partial charge in [0.2, 0.25) is 5.91 Å². The van der Waals surface area contributed by atoms with Gasteiger partial charge in [-0.3, -0.25) is 9.59 Å². The lowest BCUT2D eigenvalue weighted by Crippen LogP contribution is -2.36. The van der Waals surface area contributed by atoms with Crippen LogP contribution in [0.25, 0.3) is 0 Å². The topological polar surface area (TPSA) is 58.6 Å². The minimum Gasteiger partial charge on any atom is -0.488 e. The van der Waals surface area contributed by atoms with Crippen molar-refractivity contribution in [3.8, 4) is 5.75 Å². The molecule has 0 aromatic heterocycles. The lowest BCUT2D eigenvalue weighted by Gasteiger charge is -2.15. The van der Waals surface area contributed by atoms with Crippen molar-refractivity contribution in [3.63, 3.8) is 0 Å². The fourth-order valence-electron chi connectivity index (χ4n) is 2.55. The van der Waals surface area contributed by atoms with Gasteiger partial charge >= 0.3 is 0 Å². The first-order valence-electron chi connectivity index (χ1n) is 7.15. The maximum absolute atomic E-state index is 11.8. The zero-order valence-corrected chi connectivity index (χ0v) is 12.5. The number of carbonyl (C=O) groups excluding carboxylic acids is 2. The van der Waals surface area contributed by atoms with Crippen LogP contribution in [0.1, 0.15) is 12.0 Å². The molecule has 5 nitrogen and oxygen atoms in total. The van der Waals surface area contributed by atoms with Gasteiger partial charge in [-0.25, -0.2) is 0 Å². The fraction of sp³-hybridized carbons (Fsp3) is 0.467. The molecule has 6 heteroatoms. The van der Waals surface area contributed by atoms with Crippen LogP contribution in [0.2, 0.25) is 0 Å². The highest BCUT2D eigenvalue weighted by atomic mass is 32.2. The summed E-state index contributed by atoms with van der Waals surface area (Å²) in [6.07, 6.45) is 1.19. The SMILES string of the molecule is O=C(CCN1CCSC1=O)NC[C@H]1Cc2ccccc2O1. The first-order chi connectivity index (χ1) is 10.2. The molecular formula is C15H18N2O3S. The van der Waals surface area contributed by atoms with E-state index in [-0.39, 0.29) is 17.3 Å². The Morgan fingerprint density at radius 1 is 1.43 bits per heavy atom. The number of carbonyl (C=O) groups is 2. The fourth-order valence-corrected chi connectivity index (χ4v) is 3.40. The zero-order valence-electron chi connectivity index (χ0n) is 11.7. The highest BCUT2D eigenvalue weighted by Crippen LogP contribution is 2.27. The molecule has 1 fully saturated rings. The van der Waals surface area contributed by atoms with Gasteiger partial charge in [-0.15, -0.1) is 0 Å². The van der Waals surface area contributed by atoms with Gasteiger partial charge in [0, 0.05) is 31.7 Å². The molecule has 0 radical (unpaired) electrons. The third kappa shape index (κ3) is 3.50. The van der Waals surface area contributed by atoms with Crippen LogP contribution >= 0.6 is 11.8 Å². The van der Waals surface area contributed by atoms with E-state index in [1.807, 2.05) is 24.3 Å². The van der Waals surface area contributed by atoms with Crippen LogP contribution < -0.4 is 10.1 Å². The number of ether oxygens (including phenoxy) is 1. The molecule has 2 aliphatic heterocycles. The van der Waals surface area contributed by atoms with Gasteiger partial charge in [0.25, 0.3) is 5.24 Å². The monoisotopic (exact) mass is 306 g/mol. The second-order valence-corrected chi connectivity index (χ2v) is 6.25. The number of rotatable bonds is 5. The zero-order chi connectivity index (χ0) is 14.7. The van der Waals surface area contributed by atoms with Crippen molar-refractivity contribution in [2.75, 3.05) is 25.4 Å². The Balaban J connectivity index is 1.38. The molecule has 21 heavy (non-hydrogen) atoms. The second-order valence-electron chi connectivity index (χ2n) is 5.21. The standard InChI is InChI=1S/C15H18N2O3S/c18-14(5-6-17-7-8-21-15(17)19)16-10-12-9-11-3-1-2-4-13(11)20-12/h1-4,12H,5-10H2,(H,16,18)/t12-/m1/s1. The average Bonchev–Trinajstić information content (AvgIpc) is 3.08. The van der Waals surface area contributed by atoms with Gasteiger partial charge in [0.1, 0.15) is 11.9 Å². The van der Waals surface area contributed by atoms with Crippen LogP contribution in [-0.4, -0.2) is 47.5 Å². The molecule has 1 aromatic carbocycles. The lowest BCUT2D eigenvalue weighted by atomic mass is 10.1. The van der Waals surface area contributed by atoms with Crippen LogP contribution in [0.3, 0.4) is 0 Å². The third-order valence-electron chi connectivity index (χ3n) is 3.69. The number of hydrogen-bond acceptors (Lipinski definition) is 4. The summed E-state index contributed by atoms with van der Waals surface area (Å²) in [5.41, 5.74) is 1.19. The van der Waals surface area contributed by atoms with Gasteiger partial charge in [-0.2, -0.15) is 0 Å². The molecule has 112 valence electrons. The number of benzene rings is 1. The lowest BCUT2D eigenvalue weighted by molar-refractivity contribution is -0.121. The molecule has 0 saturated carbocycles. The first kappa shape index (κ1) is 14.3. The second kappa shape index (κ2) is 6.39. The Labute approximate surface area is 128 Å². The van der Waals surface area contributed by atoms with Crippen LogP contribution in [0.4, 0.5) is 4.79 Å². The van der Waals surface area contributed by atoms with Crippen molar-refractivity contribution >= 4 is 22.9 Å². The Morgan fingerprint density at radius 2 is 2.29 bits per heavy atom. The Bertz CT molecular complexity index is 524. The number of para-hydroxylation sites is 1. The molecule has 0 unspecified atom stereocenters. The summed E-state index contributed by atoms with van der Waals surface area (Å²) in [6.45, 7) is 1.76. The van der Waals surface area contributed by atoms with E-state index in [1.165, 1.54) is 17.3 Å². The molecular weight excluding hydrogens is 288 g/mol. The van der Waals surface area contributed by atoms with Gasteiger partial charge in [-0.1, -0.05) is 30.0 Å². The molecule has 2 heterocycles. The molecule has 0 aliphatic carbocycles. The minimum atomic E-state index is -0.0285. The number of fused-ring (bicyclic) bond motifs is 1. The quantitative estimate of drug-likeness (QED) is 0.899. The van der Waals surface area contributed by atoms with Crippen molar-refractivity contribution in [2.24, 2.45) is 0 Å². The number of nitrogens with one attached hydrogen (secondary N) is 1. The maximum atomic E-state index is 11.8. The van der Waals surface area contributed by atoms with Crippen LogP contribution in [0.15, 0.2) is 24.3 Å². The van der Waals surface area contributed by atoms with E-state index in [2.05, 4.69) is 5.32 Å². The molecule has 2 aliphatic rings. The smallest absolute Gasteiger partial charge is 0.281 e. The van der Waals surface area contributed by atoms with Crippen molar-refractivity contribution < 1.29 is 14.3 Å². The highest BCUT2D eigenvalue weighted by molar-refractivity contribution is 8.13. The number of amides is 2. The normalized spacial score (nSPS) is 20.3. The summed E-state index contributed by atoms with van der Waals surface area (Å²) < 4.78 is 5.77. The molecule has 1 N–H and O–H groups in total. The number of hydrogen-bond donors (Lipinski definition) is 1. The predicted molar refractivity (Wildman–Crippen MR) is 81.6 cm³/mol. The van der Waals surface area contributed by atoms with Gasteiger partial charge in [0.15, 0.2) is 0 Å². The summed E-state index contributed by atoms with van der Waals surface area (Å²) in [4.78, 5) is 25.0. The Hall–Kier alpha value is -1.69. The number of nitrogens with zero attached hydrogens (tertiary/aromatic N) is 1. The first-order valence-corrected chi connectivity index (χ1v) is 8.14. The number of thioether (sulfide) groups is 1. The summed E-state index contributed by atoms with van der Waals surface area (Å²) >= 11 is 1.32. The van der Waals surface area contributed by atoms with E-state index >= 15 is 0 Å². The molecule has 1 atom stereocenters. The molecule has 1 saturated heterocycles. The van der Waals surface area contributed by atoms with Crippen molar-refractivity contribution in [2.45, 2.75) is 18.9 Å². The van der Waals surface area contributed by atoms with E-state index in [1.54, 1.807) is 4.90 Å². The van der Waals surface area contributed by atoms with E-state index in [9.17, 15) is 9.59 Å². The summed E-state index contributed by atoms with van der Waals surface area (Å²) in [6, 6.07) is 7.95. The van der Waals surface area contributed by atoms with Crippen molar-refractivity contribution in [3.05, 3.63) is 29.8 Å². The van der Waals surface area contributed by atoms with Gasteiger partial charge in [0.05, 0.1) is 6.54 Å². The van der Waals surface area contributed by atoms with Crippen molar-refractivity contribution in [1.29, 1.82) is 0 Å². The minimum absolute atomic E-state index is 0.00956. The average molecular weight is 306 g/mol. The maximum Gasteiger partial charge on any atom is 0.281 e. The summed E-state index contributed by atoms with van der Waals surface area (Å²) in [5, 5.41) is 2.97. The van der Waals surface area contributed by atoms with Gasteiger partial charge in [-0.05, 0) is 11.6 Å². The molecule has 0 spiro atoms. The molecule has 0 bridgehead atoms. The van der Waals surface area contributed by atoms with E-state index in [0.29, 0.717) is 19.5 Å². The van der Waals surface area contributed by atoms with E-state index in [4.69, 9.17) is 4.74 Å². The third-order valence-corrected chi connectivity index (χ3v) is 4.59. The predicted octanol–water partition coefficient (Wildman–Crippen LogP) is 1.67. The van der Waals surface area contributed by atoms with E-state index in [0.717, 1.165) is 24.5 Å². The Kier molecular flexibility index (Phi) is 4.34. The molecule has 2 amide bonds. The largest absolute Gasteiger partial charge is 0.488 e. The van der Waals surface area contributed by atoms with Crippen LogP contribution in [0, 0.1) is 0 Å². The molecule has 1 aromatic rings. The summed E-state index contributed by atoms with van der Waals surface area (Å²) in [7, 11) is 0. The van der Waals surface area contributed by atoms with Crippen LogP contribution in [0.5, 0.6) is 5.75 Å². The van der Waals surface area contributed by atoms with Crippen LogP contribution in [-0.2, 0) is 11.2 Å². The molecule has 3 rings (SSSR count). The Morgan fingerprint density at radius 3 is 3.05 bits per heavy atom.